The van der Waals surface area contributed by atoms with Gasteiger partial charge in [-0.3, -0.25) is 9.69 Å². The quantitative estimate of drug-likeness (QED) is 0.724. The van der Waals surface area contributed by atoms with Crippen LogP contribution in [-0.2, 0) is 11.2 Å². The van der Waals surface area contributed by atoms with Gasteiger partial charge in [0, 0.05) is 32.7 Å². The molecule has 1 saturated heterocycles. The van der Waals surface area contributed by atoms with Gasteiger partial charge in [0.25, 0.3) is 0 Å². The van der Waals surface area contributed by atoms with Crippen LogP contribution in [0.2, 0.25) is 0 Å². The predicted octanol–water partition coefficient (Wildman–Crippen LogP) is 0.739. The van der Waals surface area contributed by atoms with Gasteiger partial charge in [-0.1, -0.05) is 30.3 Å². The summed E-state index contributed by atoms with van der Waals surface area (Å²) < 4.78 is 0. The molecule has 1 heterocycles. The maximum atomic E-state index is 11.9. The summed E-state index contributed by atoms with van der Waals surface area (Å²) >= 11 is 0. The van der Waals surface area contributed by atoms with Crippen LogP contribution in [0.15, 0.2) is 30.3 Å². The highest BCUT2D eigenvalue weighted by atomic mass is 16.2. The van der Waals surface area contributed by atoms with E-state index in [-0.39, 0.29) is 18.0 Å². The van der Waals surface area contributed by atoms with Crippen LogP contribution >= 0.6 is 0 Å². The number of likely N-dealkylation sites (N-methyl/N-ethyl adjacent to an activating group) is 1. The zero-order valence-electron chi connectivity index (χ0n) is 13.7. The molecule has 3 amide bonds. The second-order valence-electron chi connectivity index (χ2n) is 5.86. The van der Waals surface area contributed by atoms with Crippen LogP contribution in [0.1, 0.15) is 18.4 Å². The minimum atomic E-state index is -0.106. The molecule has 0 bridgehead atoms. The fraction of sp³-hybridized carbons (Fsp3) is 0.529. The molecule has 1 aromatic rings. The number of rotatable bonds is 6. The van der Waals surface area contributed by atoms with Crippen LogP contribution in [0, 0.1) is 0 Å². The molecule has 6 heteroatoms. The van der Waals surface area contributed by atoms with Gasteiger partial charge < -0.3 is 16.0 Å². The summed E-state index contributed by atoms with van der Waals surface area (Å²) in [5.41, 5.74) is 1.22. The smallest absolute Gasteiger partial charge is 0.315 e. The van der Waals surface area contributed by atoms with E-state index < -0.39 is 0 Å². The van der Waals surface area contributed by atoms with E-state index >= 15 is 0 Å². The van der Waals surface area contributed by atoms with Crippen LogP contribution < -0.4 is 16.0 Å². The van der Waals surface area contributed by atoms with Crippen molar-refractivity contribution in [1.82, 2.24) is 20.9 Å². The lowest BCUT2D eigenvalue weighted by Gasteiger charge is -2.31. The summed E-state index contributed by atoms with van der Waals surface area (Å²) in [5.74, 6) is 0.0371. The molecule has 23 heavy (non-hydrogen) atoms. The van der Waals surface area contributed by atoms with E-state index in [0.717, 1.165) is 32.4 Å². The molecule has 0 radical (unpaired) electrons. The van der Waals surface area contributed by atoms with Gasteiger partial charge in [0.15, 0.2) is 0 Å². The summed E-state index contributed by atoms with van der Waals surface area (Å²) in [6.07, 6.45) is 2.59. The molecule has 1 fully saturated rings. The Morgan fingerprint density at radius 1 is 1.17 bits per heavy atom. The van der Waals surface area contributed by atoms with Crippen molar-refractivity contribution in [3.05, 3.63) is 35.9 Å². The Balaban J connectivity index is 1.60. The van der Waals surface area contributed by atoms with Crippen molar-refractivity contribution in [3.63, 3.8) is 0 Å². The lowest BCUT2D eigenvalue weighted by molar-refractivity contribution is -0.122. The molecule has 0 unspecified atom stereocenters. The molecule has 6 nitrogen and oxygen atoms in total. The number of carbonyl (C=O) groups excluding carboxylic acids is 2. The molecule has 0 spiro atoms. The number of piperidine rings is 1. The molecule has 1 aliphatic heterocycles. The summed E-state index contributed by atoms with van der Waals surface area (Å²) in [7, 11) is 1.65. The number of amides is 3. The number of carbonyl (C=O) groups is 2. The van der Waals surface area contributed by atoms with Gasteiger partial charge >= 0.3 is 6.03 Å². The standard InChI is InChI=1S/C17H26N4O2/c1-18-16(22)13-21-11-8-15(9-12-21)20-17(23)19-10-7-14-5-3-2-4-6-14/h2-6,15H,7-13H2,1H3,(H,18,22)(H2,19,20,23). The van der Waals surface area contributed by atoms with Crippen molar-refractivity contribution >= 4 is 11.9 Å². The molecule has 3 N–H and O–H groups in total. The summed E-state index contributed by atoms with van der Waals surface area (Å²) in [4.78, 5) is 25.4. The minimum Gasteiger partial charge on any atom is -0.358 e. The molecule has 1 aliphatic rings. The third-order valence-corrected chi connectivity index (χ3v) is 4.11. The van der Waals surface area contributed by atoms with Crippen LogP contribution in [0.3, 0.4) is 0 Å². The number of hydrogen-bond acceptors (Lipinski definition) is 3. The lowest BCUT2D eigenvalue weighted by Crippen LogP contribution is -2.49. The number of nitrogens with one attached hydrogen (secondary N) is 3. The molecular formula is C17H26N4O2. The average Bonchev–Trinajstić information content (AvgIpc) is 2.57. The minimum absolute atomic E-state index is 0.0371. The largest absolute Gasteiger partial charge is 0.358 e. The van der Waals surface area contributed by atoms with E-state index in [4.69, 9.17) is 0 Å². The average molecular weight is 318 g/mol. The van der Waals surface area contributed by atoms with Gasteiger partial charge in [0.1, 0.15) is 0 Å². The molecule has 0 saturated carbocycles. The number of benzene rings is 1. The van der Waals surface area contributed by atoms with Gasteiger partial charge in [-0.2, -0.15) is 0 Å². The second-order valence-corrected chi connectivity index (χ2v) is 5.86. The maximum absolute atomic E-state index is 11.9. The van der Waals surface area contributed by atoms with Gasteiger partial charge in [-0.05, 0) is 24.8 Å². The van der Waals surface area contributed by atoms with Crippen LogP contribution in [0.4, 0.5) is 4.79 Å². The molecule has 126 valence electrons. The first kappa shape index (κ1) is 17.3. The highest BCUT2D eigenvalue weighted by Crippen LogP contribution is 2.09. The van der Waals surface area contributed by atoms with Gasteiger partial charge in [0.2, 0.25) is 5.91 Å². The zero-order valence-corrected chi connectivity index (χ0v) is 13.7. The van der Waals surface area contributed by atoms with E-state index in [1.807, 2.05) is 18.2 Å². The molecule has 0 aromatic heterocycles. The Morgan fingerprint density at radius 2 is 1.87 bits per heavy atom. The Bertz CT molecular complexity index is 499. The Hall–Kier alpha value is -2.08. The molecule has 0 aliphatic carbocycles. The SMILES string of the molecule is CNC(=O)CN1CCC(NC(=O)NCCc2ccccc2)CC1. The molecule has 1 aromatic carbocycles. The van der Waals surface area contributed by atoms with Crippen LogP contribution in [-0.4, -0.2) is 56.1 Å². The van der Waals surface area contributed by atoms with E-state index in [0.29, 0.717) is 13.1 Å². The number of nitrogens with zero attached hydrogens (tertiary/aromatic N) is 1. The second kappa shape index (κ2) is 9.15. The normalized spacial score (nSPS) is 15.9. The van der Waals surface area contributed by atoms with Gasteiger partial charge in [0.05, 0.1) is 6.54 Å². The predicted molar refractivity (Wildman–Crippen MR) is 90.2 cm³/mol. The van der Waals surface area contributed by atoms with Crippen molar-refractivity contribution in [1.29, 1.82) is 0 Å². The highest BCUT2D eigenvalue weighted by molar-refractivity contribution is 5.77. The van der Waals surface area contributed by atoms with E-state index in [1.165, 1.54) is 5.56 Å². The highest BCUT2D eigenvalue weighted by Gasteiger charge is 2.21. The Morgan fingerprint density at radius 3 is 2.52 bits per heavy atom. The first-order valence-corrected chi connectivity index (χ1v) is 8.18. The van der Waals surface area contributed by atoms with Crippen LogP contribution in [0.5, 0.6) is 0 Å². The number of urea groups is 1. The van der Waals surface area contributed by atoms with Crippen molar-refractivity contribution in [2.75, 3.05) is 33.2 Å². The number of likely N-dealkylation sites (tertiary alicyclic amines) is 1. The molecule has 2 rings (SSSR count). The first-order chi connectivity index (χ1) is 11.2. The Labute approximate surface area is 137 Å². The topological polar surface area (TPSA) is 73.5 Å². The van der Waals surface area contributed by atoms with Crippen molar-refractivity contribution < 1.29 is 9.59 Å². The van der Waals surface area contributed by atoms with Crippen molar-refractivity contribution in [2.24, 2.45) is 0 Å². The first-order valence-electron chi connectivity index (χ1n) is 8.18. The molecule has 0 atom stereocenters. The fourth-order valence-electron chi connectivity index (χ4n) is 2.72. The number of hydrogen-bond donors (Lipinski definition) is 3. The monoisotopic (exact) mass is 318 g/mol. The van der Waals surface area contributed by atoms with Crippen molar-refractivity contribution in [3.8, 4) is 0 Å². The van der Waals surface area contributed by atoms with Crippen molar-refractivity contribution in [2.45, 2.75) is 25.3 Å². The summed E-state index contributed by atoms with van der Waals surface area (Å²) in [5, 5.41) is 8.55. The Kier molecular flexibility index (Phi) is 6.87. The zero-order chi connectivity index (χ0) is 16.5. The molecular weight excluding hydrogens is 292 g/mol. The van der Waals surface area contributed by atoms with Crippen LogP contribution in [0.25, 0.3) is 0 Å². The van der Waals surface area contributed by atoms with E-state index in [1.54, 1.807) is 7.05 Å². The summed E-state index contributed by atoms with van der Waals surface area (Å²) in [6, 6.07) is 10.2. The van der Waals surface area contributed by atoms with E-state index in [9.17, 15) is 9.59 Å². The maximum Gasteiger partial charge on any atom is 0.315 e. The van der Waals surface area contributed by atoms with E-state index in [2.05, 4.69) is 33.0 Å². The lowest BCUT2D eigenvalue weighted by atomic mass is 10.1. The third-order valence-electron chi connectivity index (χ3n) is 4.11. The van der Waals surface area contributed by atoms with Gasteiger partial charge in [-0.25, -0.2) is 4.79 Å². The van der Waals surface area contributed by atoms with Gasteiger partial charge in [-0.15, -0.1) is 0 Å². The fourth-order valence-corrected chi connectivity index (χ4v) is 2.72. The summed E-state index contributed by atoms with van der Waals surface area (Å²) in [6.45, 7) is 2.74. The third kappa shape index (κ3) is 6.28.